The van der Waals surface area contributed by atoms with E-state index in [0.717, 1.165) is 19.1 Å². The number of hydrogen-bond acceptors (Lipinski definition) is 3. The minimum absolute atomic E-state index is 0.909. The monoisotopic (exact) mass is 217 g/mol. The van der Waals surface area contributed by atoms with Crippen LogP contribution in [0.4, 0.5) is 5.82 Å². The van der Waals surface area contributed by atoms with Crippen LogP contribution in [0.5, 0.6) is 0 Å². The highest BCUT2D eigenvalue weighted by atomic mass is 15.3. The summed E-state index contributed by atoms with van der Waals surface area (Å²) in [6.45, 7) is 6.83. The molecule has 1 saturated heterocycles. The van der Waals surface area contributed by atoms with E-state index in [1.165, 1.54) is 37.3 Å². The number of hydrogen-bond donors (Lipinski definition) is 0. The van der Waals surface area contributed by atoms with Crippen LogP contribution in [0.25, 0.3) is 0 Å². The molecule has 0 N–H and O–H groups in total. The Bertz CT molecular complexity index is 365. The zero-order chi connectivity index (χ0) is 11.0. The summed E-state index contributed by atoms with van der Waals surface area (Å²) in [5, 5.41) is 0. The molecule has 86 valence electrons. The van der Waals surface area contributed by atoms with E-state index >= 15 is 0 Å². The van der Waals surface area contributed by atoms with Crippen LogP contribution in [0.1, 0.15) is 18.4 Å². The van der Waals surface area contributed by atoms with Gasteiger partial charge in [-0.2, -0.15) is 0 Å². The number of pyridine rings is 1. The molecule has 3 nitrogen and oxygen atoms in total. The van der Waals surface area contributed by atoms with Crippen LogP contribution >= 0.6 is 0 Å². The first-order valence-electron chi connectivity index (χ1n) is 6.25. The van der Waals surface area contributed by atoms with E-state index < -0.39 is 0 Å². The molecule has 1 aromatic heterocycles. The van der Waals surface area contributed by atoms with Crippen molar-refractivity contribution in [1.82, 2.24) is 9.88 Å². The van der Waals surface area contributed by atoms with Gasteiger partial charge < -0.3 is 4.90 Å². The number of piperazine rings is 1. The van der Waals surface area contributed by atoms with Gasteiger partial charge in [-0.05, 0) is 31.4 Å². The van der Waals surface area contributed by atoms with Crippen molar-refractivity contribution < 1.29 is 0 Å². The molecule has 3 rings (SSSR count). The largest absolute Gasteiger partial charge is 0.354 e. The zero-order valence-corrected chi connectivity index (χ0v) is 9.89. The molecule has 0 bridgehead atoms. The van der Waals surface area contributed by atoms with Crippen LogP contribution in [0.15, 0.2) is 18.3 Å². The first-order chi connectivity index (χ1) is 7.84. The van der Waals surface area contributed by atoms with Crippen LogP contribution in [-0.2, 0) is 0 Å². The Balaban J connectivity index is 1.67. The van der Waals surface area contributed by atoms with Gasteiger partial charge in [-0.1, -0.05) is 6.07 Å². The van der Waals surface area contributed by atoms with E-state index in [0.29, 0.717) is 0 Å². The highest BCUT2D eigenvalue weighted by Gasteiger charge is 2.31. The van der Waals surface area contributed by atoms with Gasteiger partial charge in [-0.3, -0.25) is 4.90 Å². The topological polar surface area (TPSA) is 19.4 Å². The third kappa shape index (κ3) is 1.92. The average Bonchev–Trinajstić information content (AvgIpc) is 3.14. The van der Waals surface area contributed by atoms with E-state index in [2.05, 4.69) is 27.8 Å². The van der Waals surface area contributed by atoms with Crippen molar-refractivity contribution in [3.05, 3.63) is 23.9 Å². The summed E-state index contributed by atoms with van der Waals surface area (Å²) in [6, 6.07) is 5.07. The maximum absolute atomic E-state index is 4.49. The second-order valence-electron chi connectivity index (χ2n) is 4.90. The molecule has 0 radical (unpaired) electrons. The van der Waals surface area contributed by atoms with Crippen LogP contribution in [0, 0.1) is 6.92 Å². The number of anilines is 1. The average molecular weight is 217 g/mol. The number of aromatic nitrogens is 1. The molecule has 1 saturated carbocycles. The molecule has 2 fully saturated rings. The van der Waals surface area contributed by atoms with Crippen LogP contribution < -0.4 is 4.90 Å². The lowest BCUT2D eigenvalue weighted by Gasteiger charge is -2.36. The van der Waals surface area contributed by atoms with Gasteiger partial charge in [0.05, 0.1) is 0 Å². The normalized spacial score (nSPS) is 22.4. The first-order valence-corrected chi connectivity index (χ1v) is 6.25. The van der Waals surface area contributed by atoms with Crippen molar-refractivity contribution in [2.75, 3.05) is 31.1 Å². The summed E-state index contributed by atoms with van der Waals surface area (Å²) in [6.07, 6.45) is 4.74. The first kappa shape index (κ1) is 10.1. The molecule has 0 atom stereocenters. The molecule has 1 aliphatic carbocycles. The van der Waals surface area contributed by atoms with Gasteiger partial charge in [0, 0.05) is 38.4 Å². The lowest BCUT2D eigenvalue weighted by atomic mass is 10.2. The molecule has 0 amide bonds. The number of nitrogens with zero attached hydrogens (tertiary/aromatic N) is 3. The lowest BCUT2D eigenvalue weighted by Crippen LogP contribution is -2.47. The Labute approximate surface area is 97.1 Å². The predicted molar refractivity (Wildman–Crippen MR) is 65.8 cm³/mol. The highest BCUT2D eigenvalue weighted by molar-refractivity contribution is 5.46. The number of rotatable bonds is 2. The van der Waals surface area contributed by atoms with Crippen molar-refractivity contribution in [2.24, 2.45) is 0 Å². The fourth-order valence-electron chi connectivity index (χ4n) is 2.55. The van der Waals surface area contributed by atoms with Gasteiger partial charge in [-0.25, -0.2) is 4.98 Å². The second-order valence-corrected chi connectivity index (χ2v) is 4.90. The Morgan fingerprint density at radius 3 is 2.56 bits per heavy atom. The van der Waals surface area contributed by atoms with Crippen molar-refractivity contribution in [1.29, 1.82) is 0 Å². The van der Waals surface area contributed by atoms with Gasteiger partial charge in [0.1, 0.15) is 5.82 Å². The summed E-state index contributed by atoms with van der Waals surface area (Å²) < 4.78 is 0. The van der Waals surface area contributed by atoms with Gasteiger partial charge in [0.15, 0.2) is 0 Å². The zero-order valence-electron chi connectivity index (χ0n) is 9.89. The summed E-state index contributed by atoms with van der Waals surface area (Å²) in [5.74, 6) is 1.18. The highest BCUT2D eigenvalue weighted by Crippen LogP contribution is 2.28. The molecule has 2 heterocycles. The van der Waals surface area contributed by atoms with E-state index in [4.69, 9.17) is 0 Å². The minimum Gasteiger partial charge on any atom is -0.354 e. The van der Waals surface area contributed by atoms with Gasteiger partial charge in [0.25, 0.3) is 0 Å². The van der Waals surface area contributed by atoms with Crippen molar-refractivity contribution in [3.63, 3.8) is 0 Å². The van der Waals surface area contributed by atoms with Gasteiger partial charge >= 0.3 is 0 Å². The standard InChI is InChI=1S/C13H19N3/c1-11-3-2-6-14-13(11)16-9-7-15(8-10-16)12-4-5-12/h2-3,6,12H,4-5,7-10H2,1H3. The molecular weight excluding hydrogens is 198 g/mol. The maximum Gasteiger partial charge on any atom is 0.131 e. The van der Waals surface area contributed by atoms with E-state index in [-0.39, 0.29) is 0 Å². The summed E-state index contributed by atoms with van der Waals surface area (Å²) in [7, 11) is 0. The van der Waals surface area contributed by atoms with Gasteiger partial charge in [0.2, 0.25) is 0 Å². The maximum atomic E-state index is 4.49. The van der Waals surface area contributed by atoms with E-state index in [9.17, 15) is 0 Å². The number of aryl methyl sites for hydroxylation is 1. The quantitative estimate of drug-likeness (QED) is 0.751. The Kier molecular flexibility index (Phi) is 2.56. The van der Waals surface area contributed by atoms with E-state index in [1.54, 1.807) is 0 Å². The molecule has 0 unspecified atom stereocenters. The Hall–Kier alpha value is -1.09. The molecule has 1 aromatic rings. The minimum atomic E-state index is 0.909. The van der Waals surface area contributed by atoms with E-state index in [1.807, 2.05) is 12.3 Å². The lowest BCUT2D eigenvalue weighted by molar-refractivity contribution is 0.247. The van der Waals surface area contributed by atoms with Crippen LogP contribution in [0.2, 0.25) is 0 Å². The smallest absolute Gasteiger partial charge is 0.131 e. The molecule has 0 spiro atoms. The summed E-state index contributed by atoms with van der Waals surface area (Å²) in [4.78, 5) is 9.55. The van der Waals surface area contributed by atoms with Crippen molar-refractivity contribution in [2.45, 2.75) is 25.8 Å². The summed E-state index contributed by atoms with van der Waals surface area (Å²) >= 11 is 0. The predicted octanol–water partition coefficient (Wildman–Crippen LogP) is 1.67. The van der Waals surface area contributed by atoms with Crippen LogP contribution in [-0.4, -0.2) is 42.1 Å². The van der Waals surface area contributed by atoms with Crippen molar-refractivity contribution >= 4 is 5.82 Å². The molecule has 2 aliphatic rings. The molecule has 3 heteroatoms. The third-order valence-corrected chi connectivity index (χ3v) is 3.66. The van der Waals surface area contributed by atoms with Crippen molar-refractivity contribution in [3.8, 4) is 0 Å². The van der Waals surface area contributed by atoms with Gasteiger partial charge in [-0.15, -0.1) is 0 Å². The fourth-order valence-corrected chi connectivity index (χ4v) is 2.55. The molecule has 1 aliphatic heterocycles. The molecule has 16 heavy (non-hydrogen) atoms. The fraction of sp³-hybridized carbons (Fsp3) is 0.615. The molecule has 0 aromatic carbocycles. The van der Waals surface area contributed by atoms with Crippen LogP contribution in [0.3, 0.4) is 0 Å². The Morgan fingerprint density at radius 1 is 1.19 bits per heavy atom. The summed E-state index contributed by atoms with van der Waals surface area (Å²) in [5.41, 5.74) is 1.29. The SMILES string of the molecule is Cc1cccnc1N1CCN(C2CC2)CC1. The molecular formula is C13H19N3. The Morgan fingerprint density at radius 2 is 1.94 bits per heavy atom. The second kappa shape index (κ2) is 4.06. The third-order valence-electron chi connectivity index (χ3n) is 3.66.